The largest absolute Gasteiger partial charge is 0.481 e. The minimum atomic E-state index is -2.74. The van der Waals surface area contributed by atoms with Crippen LogP contribution in [-0.2, 0) is 19.2 Å². The minimum Gasteiger partial charge on any atom is -0.481 e. The highest BCUT2D eigenvalue weighted by Crippen LogP contribution is 2.16. The van der Waals surface area contributed by atoms with Crippen molar-refractivity contribution in [1.82, 2.24) is 0 Å². The first kappa shape index (κ1) is 38.7. The summed E-state index contributed by atoms with van der Waals surface area (Å²) in [6, 6.07) is 0. The van der Waals surface area contributed by atoms with Crippen molar-refractivity contribution in [3.8, 4) is 0 Å². The van der Waals surface area contributed by atoms with Gasteiger partial charge in [-0.3, -0.25) is 14.4 Å². The average molecular weight is 521 g/mol. The fourth-order valence-electron chi connectivity index (χ4n) is 3.01. The summed E-state index contributed by atoms with van der Waals surface area (Å²) < 4.78 is 0. The zero-order valence-corrected chi connectivity index (χ0v) is 21.1. The summed E-state index contributed by atoms with van der Waals surface area (Å²) in [6.07, 6.45) is 15.0. The van der Waals surface area contributed by atoms with E-state index in [9.17, 15) is 19.2 Å². The van der Waals surface area contributed by atoms with E-state index in [1.165, 1.54) is 70.6 Å². The molecule has 0 radical (unpaired) electrons. The maximum atomic E-state index is 10.3. The number of unbranched alkanes of at least 4 members (excludes halogenated alkanes) is 12. The van der Waals surface area contributed by atoms with Gasteiger partial charge in [-0.2, -0.15) is 0 Å². The Hall–Kier alpha value is -1.58. The van der Waals surface area contributed by atoms with Crippen molar-refractivity contribution < 1.29 is 44.7 Å². The number of aliphatic carboxylic acids is 4. The zero-order valence-electron chi connectivity index (χ0n) is 19.5. The van der Waals surface area contributed by atoms with E-state index >= 15 is 0 Å². The number of halogens is 2. The van der Waals surface area contributed by atoms with E-state index in [1.807, 2.05) is 0 Å². The van der Waals surface area contributed by atoms with E-state index in [-0.39, 0.29) is 24.8 Å². The van der Waals surface area contributed by atoms with E-state index in [4.69, 9.17) is 25.5 Å². The van der Waals surface area contributed by atoms with Crippen molar-refractivity contribution in [1.29, 1.82) is 0 Å². The minimum absolute atomic E-state index is 0. The van der Waals surface area contributed by atoms with Gasteiger partial charge < -0.3 is 25.5 Å². The Labute approximate surface area is 208 Å². The van der Waals surface area contributed by atoms with Gasteiger partial charge in [-0.05, 0) is 6.42 Å². The lowest BCUT2D eigenvalue weighted by Gasteiger charge is -2.18. The first-order chi connectivity index (χ1) is 14.5. The Balaban J connectivity index is -0.000000251. The molecule has 198 valence electrons. The van der Waals surface area contributed by atoms with Crippen molar-refractivity contribution in [2.45, 2.75) is 115 Å². The van der Waals surface area contributed by atoms with Gasteiger partial charge >= 0.3 is 23.9 Å². The number of carboxylic acid groups (broad SMARTS) is 4. The van der Waals surface area contributed by atoms with E-state index in [2.05, 4.69) is 6.92 Å². The van der Waals surface area contributed by atoms with Crippen LogP contribution in [0.1, 0.15) is 110 Å². The molecule has 0 unspecified atom stereocenters. The van der Waals surface area contributed by atoms with Gasteiger partial charge in [0.1, 0.15) is 0 Å². The lowest BCUT2D eigenvalue weighted by Crippen LogP contribution is -2.42. The van der Waals surface area contributed by atoms with E-state index < -0.39 is 42.3 Å². The van der Waals surface area contributed by atoms with Crippen LogP contribution in [0.3, 0.4) is 0 Å². The number of hydrogen-bond donors (Lipinski definition) is 5. The van der Waals surface area contributed by atoms with Crippen molar-refractivity contribution in [3.05, 3.63) is 0 Å². The fourth-order valence-corrected chi connectivity index (χ4v) is 3.01. The normalized spacial score (nSPS) is 10.1. The van der Waals surface area contributed by atoms with Gasteiger partial charge in [-0.25, -0.2) is 4.79 Å². The topological polar surface area (TPSA) is 169 Å². The van der Waals surface area contributed by atoms with Crippen LogP contribution >= 0.6 is 24.8 Å². The number of carboxylic acids is 4. The summed E-state index contributed by atoms with van der Waals surface area (Å²) in [6.45, 7) is 2.26. The molecule has 0 saturated carbocycles. The monoisotopic (exact) mass is 520 g/mol. The summed E-state index contributed by atoms with van der Waals surface area (Å²) >= 11 is 0. The van der Waals surface area contributed by atoms with Gasteiger partial charge in [0.05, 0.1) is 12.8 Å². The first-order valence-corrected chi connectivity index (χ1v) is 11.2. The molecule has 0 bridgehead atoms. The van der Waals surface area contributed by atoms with Gasteiger partial charge in [0.25, 0.3) is 0 Å². The molecule has 33 heavy (non-hydrogen) atoms. The summed E-state index contributed by atoms with van der Waals surface area (Å²) in [7, 11) is 0. The smallest absolute Gasteiger partial charge is 0.336 e. The standard InChI is InChI=1S/C16H32O2.C6H8O7.2ClH/c1-2-3-4-5-6-7-8-9-10-11-12-13-14-15-16(17)18;7-3(8)1-6(13,5(11)12)2-4(9)10;;/h2-15H2,1H3,(H,17,18);13H,1-2H2,(H,7,8)(H,9,10)(H,11,12);2*1H. The Morgan fingerprint density at radius 1 is 0.545 bits per heavy atom. The maximum absolute atomic E-state index is 10.3. The number of hydrogen-bond acceptors (Lipinski definition) is 5. The second-order valence-electron chi connectivity index (χ2n) is 7.86. The van der Waals surface area contributed by atoms with E-state index in [1.54, 1.807) is 0 Å². The third-order valence-electron chi connectivity index (χ3n) is 4.78. The molecular formula is C22H42Cl2O9. The highest BCUT2D eigenvalue weighted by molar-refractivity contribution is 5.88. The summed E-state index contributed by atoms with van der Waals surface area (Å²) in [5.74, 6) is -5.67. The first-order valence-electron chi connectivity index (χ1n) is 11.2. The fraction of sp³-hybridized carbons (Fsp3) is 0.818. The number of rotatable bonds is 19. The molecule has 0 aliphatic heterocycles. The average Bonchev–Trinajstić information content (AvgIpc) is 2.64. The van der Waals surface area contributed by atoms with Gasteiger partial charge in [-0.1, -0.05) is 84.0 Å². The maximum Gasteiger partial charge on any atom is 0.336 e. The van der Waals surface area contributed by atoms with Gasteiger partial charge in [-0.15, -0.1) is 24.8 Å². The Morgan fingerprint density at radius 2 is 0.848 bits per heavy atom. The zero-order chi connectivity index (χ0) is 24.1. The SMILES string of the molecule is CCCCCCCCCCCCCCCC(=O)O.Cl.Cl.O=C(O)CC(O)(CC(=O)O)C(=O)O. The number of carbonyl (C=O) groups is 4. The quantitative estimate of drug-likeness (QED) is 0.144. The van der Waals surface area contributed by atoms with Crippen molar-refractivity contribution >= 4 is 48.7 Å². The molecule has 5 N–H and O–H groups in total. The van der Waals surface area contributed by atoms with Gasteiger partial charge in [0.15, 0.2) is 5.60 Å². The van der Waals surface area contributed by atoms with Crippen LogP contribution < -0.4 is 0 Å². The lowest BCUT2D eigenvalue weighted by atomic mass is 9.96. The van der Waals surface area contributed by atoms with Crippen molar-refractivity contribution in [2.75, 3.05) is 0 Å². The molecule has 0 aromatic heterocycles. The molecule has 11 heteroatoms. The van der Waals surface area contributed by atoms with Crippen LogP contribution in [0.25, 0.3) is 0 Å². The molecule has 0 atom stereocenters. The molecule has 0 spiro atoms. The molecule has 0 aliphatic rings. The second kappa shape index (κ2) is 25.1. The third kappa shape index (κ3) is 28.4. The molecule has 9 nitrogen and oxygen atoms in total. The summed E-state index contributed by atoms with van der Waals surface area (Å²) in [4.78, 5) is 40.8. The van der Waals surface area contributed by atoms with Crippen LogP contribution in [0.2, 0.25) is 0 Å². The van der Waals surface area contributed by atoms with Crippen LogP contribution in [0.5, 0.6) is 0 Å². The van der Waals surface area contributed by atoms with Crippen molar-refractivity contribution in [2.24, 2.45) is 0 Å². The second-order valence-corrected chi connectivity index (χ2v) is 7.86. The summed E-state index contributed by atoms with van der Waals surface area (Å²) in [5.41, 5.74) is -2.74. The van der Waals surface area contributed by atoms with Gasteiger partial charge in [0.2, 0.25) is 0 Å². The van der Waals surface area contributed by atoms with Crippen LogP contribution in [0.15, 0.2) is 0 Å². The van der Waals surface area contributed by atoms with Crippen LogP contribution in [0.4, 0.5) is 0 Å². The molecule has 0 saturated heterocycles. The predicted molar refractivity (Wildman–Crippen MR) is 130 cm³/mol. The summed E-state index contributed by atoms with van der Waals surface area (Å²) in [5, 5.41) is 42.3. The molecule has 0 aliphatic carbocycles. The van der Waals surface area contributed by atoms with Crippen LogP contribution in [0, 0.1) is 0 Å². The van der Waals surface area contributed by atoms with E-state index in [0.717, 1.165) is 12.8 Å². The Bertz CT molecular complexity index is 512. The molecule has 0 fully saturated rings. The third-order valence-corrected chi connectivity index (χ3v) is 4.78. The van der Waals surface area contributed by atoms with Crippen molar-refractivity contribution in [3.63, 3.8) is 0 Å². The predicted octanol–water partition coefficient (Wildman–Crippen LogP) is 5.15. The Morgan fingerprint density at radius 3 is 1.09 bits per heavy atom. The molecule has 0 amide bonds. The van der Waals surface area contributed by atoms with E-state index in [0.29, 0.717) is 6.42 Å². The molecule has 0 heterocycles. The molecular weight excluding hydrogens is 479 g/mol. The molecule has 0 rings (SSSR count). The van der Waals surface area contributed by atoms with Crippen LogP contribution in [-0.4, -0.2) is 55.0 Å². The highest BCUT2D eigenvalue weighted by Gasteiger charge is 2.40. The Kier molecular flexibility index (Phi) is 29.4. The lowest BCUT2D eigenvalue weighted by molar-refractivity contribution is -0.170. The van der Waals surface area contributed by atoms with Gasteiger partial charge in [0, 0.05) is 6.42 Å². The molecule has 0 aromatic carbocycles. The molecule has 0 aromatic rings. The number of aliphatic hydroxyl groups is 1. The highest BCUT2D eigenvalue weighted by atomic mass is 35.5.